The van der Waals surface area contributed by atoms with Gasteiger partial charge >= 0.3 is 0 Å². The van der Waals surface area contributed by atoms with Crippen LogP contribution in [0.15, 0.2) is 45.9 Å². The molecule has 0 N–H and O–H groups in total. The molecule has 0 saturated heterocycles. The molecule has 1 saturated carbocycles. The van der Waals surface area contributed by atoms with Crippen LogP contribution in [0.1, 0.15) is 62.0 Å². The van der Waals surface area contributed by atoms with Crippen molar-refractivity contribution in [2.45, 2.75) is 75.3 Å². The number of carbonyl (C=O) groups is 1. The van der Waals surface area contributed by atoms with Crippen molar-refractivity contribution < 1.29 is 9.21 Å². The molecule has 1 amide bonds. The predicted molar refractivity (Wildman–Crippen MR) is 130 cm³/mol. The van der Waals surface area contributed by atoms with Crippen LogP contribution in [0.2, 0.25) is 5.02 Å². The lowest BCUT2D eigenvalue weighted by atomic mass is 9.94. The molecule has 5 rings (SSSR count). The summed E-state index contributed by atoms with van der Waals surface area (Å²) in [5.41, 5.74) is 3.45. The van der Waals surface area contributed by atoms with Crippen molar-refractivity contribution in [3.8, 4) is 0 Å². The number of halogens is 1. The lowest BCUT2D eigenvalue weighted by Gasteiger charge is -2.34. The minimum absolute atomic E-state index is 0.196. The van der Waals surface area contributed by atoms with Gasteiger partial charge in [-0.25, -0.2) is 0 Å². The number of aromatic nitrogens is 1. The number of pyridine rings is 1. The van der Waals surface area contributed by atoms with Gasteiger partial charge in [0.2, 0.25) is 5.91 Å². The maximum Gasteiger partial charge on any atom is 0.233 e. The third kappa shape index (κ3) is 4.69. The Morgan fingerprint density at radius 3 is 2.78 bits per heavy atom. The zero-order valence-electron chi connectivity index (χ0n) is 18.3. The Morgan fingerprint density at radius 2 is 1.97 bits per heavy atom. The number of hydrogen-bond donors (Lipinski definition) is 0. The van der Waals surface area contributed by atoms with Gasteiger partial charge in [-0.2, -0.15) is 0 Å². The molecule has 0 unspecified atom stereocenters. The van der Waals surface area contributed by atoms with E-state index in [1.165, 1.54) is 48.3 Å². The van der Waals surface area contributed by atoms with Gasteiger partial charge in [-0.15, -0.1) is 11.8 Å². The van der Waals surface area contributed by atoms with E-state index >= 15 is 0 Å². The summed E-state index contributed by atoms with van der Waals surface area (Å²) in [6, 6.07) is 10.1. The number of rotatable bonds is 6. The van der Waals surface area contributed by atoms with E-state index in [0.29, 0.717) is 23.4 Å². The van der Waals surface area contributed by atoms with Gasteiger partial charge in [-0.3, -0.25) is 9.78 Å². The van der Waals surface area contributed by atoms with Crippen LogP contribution in [0.25, 0.3) is 10.9 Å². The van der Waals surface area contributed by atoms with Crippen molar-refractivity contribution in [1.29, 1.82) is 0 Å². The first-order chi connectivity index (χ1) is 15.7. The molecule has 3 aromatic rings. The minimum atomic E-state index is 0.196. The van der Waals surface area contributed by atoms with Gasteiger partial charge in [-0.1, -0.05) is 36.9 Å². The molecule has 2 aromatic heterocycles. The molecule has 0 radical (unpaired) electrons. The van der Waals surface area contributed by atoms with Crippen LogP contribution < -0.4 is 0 Å². The van der Waals surface area contributed by atoms with Crippen molar-refractivity contribution in [3.63, 3.8) is 0 Å². The van der Waals surface area contributed by atoms with E-state index in [2.05, 4.69) is 11.0 Å². The second-order valence-electron chi connectivity index (χ2n) is 8.92. The van der Waals surface area contributed by atoms with Gasteiger partial charge in [0, 0.05) is 27.0 Å². The number of fused-ring (bicyclic) bond motifs is 2. The van der Waals surface area contributed by atoms with Crippen LogP contribution in [0.3, 0.4) is 0 Å². The SMILES string of the molecule is O=C(CSc1c2c(nc3cc(Cl)ccc13)CCCC2)N(Cc1ccco1)C1CCCCC1. The van der Waals surface area contributed by atoms with Crippen LogP contribution in [0.4, 0.5) is 0 Å². The summed E-state index contributed by atoms with van der Waals surface area (Å²) in [5.74, 6) is 1.49. The molecule has 0 atom stereocenters. The topological polar surface area (TPSA) is 46.3 Å². The standard InChI is InChI=1S/C26H29ClN2O2S/c27-18-12-13-22-24(15-18)28-23-11-5-4-10-21(23)26(22)32-17-25(30)29(16-20-9-6-14-31-20)19-7-2-1-3-8-19/h6,9,12-15,19H,1-5,7-8,10-11,16-17H2. The van der Waals surface area contributed by atoms with Crippen molar-refractivity contribution in [1.82, 2.24) is 9.88 Å². The van der Waals surface area contributed by atoms with Crippen LogP contribution in [0, 0.1) is 0 Å². The highest BCUT2D eigenvalue weighted by Crippen LogP contribution is 2.37. The van der Waals surface area contributed by atoms with Crippen molar-refractivity contribution >= 4 is 40.2 Å². The van der Waals surface area contributed by atoms with E-state index in [1.807, 2.05) is 24.3 Å². The smallest absolute Gasteiger partial charge is 0.233 e. The number of nitrogens with zero attached hydrogens (tertiary/aromatic N) is 2. The fourth-order valence-electron chi connectivity index (χ4n) is 5.12. The Morgan fingerprint density at radius 1 is 1.12 bits per heavy atom. The third-order valence-corrected chi connectivity index (χ3v) is 8.14. The van der Waals surface area contributed by atoms with Crippen molar-refractivity contribution in [3.05, 3.63) is 58.6 Å². The molecule has 2 aliphatic rings. The largest absolute Gasteiger partial charge is 0.467 e. The van der Waals surface area contributed by atoms with Gasteiger partial charge in [0.15, 0.2) is 0 Å². The van der Waals surface area contributed by atoms with Crippen LogP contribution in [-0.2, 0) is 24.2 Å². The molecule has 6 heteroatoms. The molecular formula is C26H29ClN2O2S. The Balaban J connectivity index is 1.41. The van der Waals surface area contributed by atoms with E-state index in [9.17, 15) is 4.79 Å². The predicted octanol–water partition coefficient (Wildman–Crippen LogP) is 6.81. The first kappa shape index (κ1) is 21.8. The number of aryl methyl sites for hydroxylation is 1. The molecule has 1 fully saturated rings. The van der Waals surface area contributed by atoms with Gasteiger partial charge < -0.3 is 9.32 Å². The molecule has 1 aromatic carbocycles. The van der Waals surface area contributed by atoms with Crippen molar-refractivity contribution in [2.24, 2.45) is 0 Å². The average molecular weight is 469 g/mol. The summed E-state index contributed by atoms with van der Waals surface area (Å²) in [5, 5.41) is 1.82. The summed E-state index contributed by atoms with van der Waals surface area (Å²) in [6.07, 6.45) is 11.9. The molecule has 2 heterocycles. The van der Waals surface area contributed by atoms with Crippen LogP contribution in [-0.4, -0.2) is 27.6 Å². The Bertz CT molecular complexity index is 1090. The second kappa shape index (κ2) is 9.88. The van der Waals surface area contributed by atoms with Gasteiger partial charge in [-0.05, 0) is 68.4 Å². The molecule has 0 bridgehead atoms. The number of thioether (sulfide) groups is 1. The molecule has 0 spiro atoms. The first-order valence-electron chi connectivity index (χ1n) is 11.7. The molecule has 32 heavy (non-hydrogen) atoms. The van der Waals surface area contributed by atoms with Gasteiger partial charge in [0.05, 0.1) is 24.1 Å². The average Bonchev–Trinajstić information content (AvgIpc) is 3.34. The third-order valence-electron chi connectivity index (χ3n) is 6.75. The van der Waals surface area contributed by atoms with Crippen molar-refractivity contribution in [2.75, 3.05) is 5.75 Å². The minimum Gasteiger partial charge on any atom is -0.467 e. The maximum absolute atomic E-state index is 13.5. The summed E-state index contributed by atoms with van der Waals surface area (Å²) < 4.78 is 5.59. The highest BCUT2D eigenvalue weighted by atomic mass is 35.5. The fourth-order valence-corrected chi connectivity index (χ4v) is 6.44. The molecule has 168 valence electrons. The first-order valence-corrected chi connectivity index (χ1v) is 13.1. The normalized spacial score (nSPS) is 16.8. The quantitative estimate of drug-likeness (QED) is 0.372. The summed E-state index contributed by atoms with van der Waals surface area (Å²) in [6.45, 7) is 0.557. The van der Waals surface area contributed by atoms with E-state index < -0.39 is 0 Å². The molecular weight excluding hydrogens is 440 g/mol. The fraction of sp³-hybridized carbons (Fsp3) is 0.462. The number of amides is 1. The van der Waals surface area contributed by atoms with Crippen LogP contribution >= 0.6 is 23.4 Å². The summed E-state index contributed by atoms with van der Waals surface area (Å²) >= 11 is 7.94. The lowest BCUT2D eigenvalue weighted by molar-refractivity contribution is -0.132. The Hall–Kier alpha value is -1.98. The molecule has 0 aliphatic heterocycles. The Kier molecular flexibility index (Phi) is 6.74. The highest BCUT2D eigenvalue weighted by Gasteiger charge is 2.27. The zero-order chi connectivity index (χ0) is 21.9. The zero-order valence-corrected chi connectivity index (χ0v) is 19.9. The summed E-state index contributed by atoms with van der Waals surface area (Å²) in [7, 11) is 0. The molecule has 2 aliphatic carbocycles. The molecule has 4 nitrogen and oxygen atoms in total. The van der Waals surface area contributed by atoms with Crippen LogP contribution in [0.5, 0.6) is 0 Å². The van der Waals surface area contributed by atoms with E-state index in [4.69, 9.17) is 21.0 Å². The van der Waals surface area contributed by atoms with E-state index in [0.717, 1.165) is 42.3 Å². The second-order valence-corrected chi connectivity index (χ2v) is 10.3. The number of hydrogen-bond acceptors (Lipinski definition) is 4. The lowest BCUT2D eigenvalue weighted by Crippen LogP contribution is -2.41. The monoisotopic (exact) mass is 468 g/mol. The maximum atomic E-state index is 13.5. The van der Waals surface area contributed by atoms with E-state index in [1.54, 1.807) is 18.0 Å². The highest BCUT2D eigenvalue weighted by molar-refractivity contribution is 8.00. The number of furan rings is 1. The summed E-state index contributed by atoms with van der Waals surface area (Å²) in [4.78, 5) is 21.7. The Labute approximate surface area is 198 Å². The van der Waals surface area contributed by atoms with E-state index in [-0.39, 0.29) is 5.91 Å². The number of carbonyl (C=O) groups excluding carboxylic acids is 1. The number of benzene rings is 1. The van der Waals surface area contributed by atoms with Gasteiger partial charge in [0.1, 0.15) is 5.76 Å². The van der Waals surface area contributed by atoms with Gasteiger partial charge in [0.25, 0.3) is 0 Å².